The first-order valence-corrected chi connectivity index (χ1v) is 28.2. The molecule has 10 heteroatoms. The van der Waals surface area contributed by atoms with Crippen LogP contribution in [0.5, 0.6) is 0 Å². The van der Waals surface area contributed by atoms with Gasteiger partial charge in [-0.3, -0.25) is 0 Å². The molecule has 0 radical (unpaired) electrons. The molecule has 0 unspecified atom stereocenters. The fraction of sp³-hybridized carbons (Fsp3) is 0. The Labute approximate surface area is 481 Å². The maximum Gasteiger partial charge on any atom is 0.420 e. The molecule has 0 saturated heterocycles. The van der Waals surface area contributed by atoms with E-state index in [4.69, 9.17) is 0 Å². The molecule has 0 atom stereocenters. The van der Waals surface area contributed by atoms with Crippen LogP contribution in [0.3, 0.4) is 0 Å². The summed E-state index contributed by atoms with van der Waals surface area (Å²) in [7, 11) is 0. The van der Waals surface area contributed by atoms with E-state index in [0.717, 1.165) is 85.3 Å². The van der Waals surface area contributed by atoms with E-state index in [-0.39, 0.29) is 20.9 Å². The van der Waals surface area contributed by atoms with E-state index in [9.17, 15) is 0 Å². The molecule has 0 bridgehead atoms. The summed E-state index contributed by atoms with van der Waals surface area (Å²) in [4.78, 5) is 17.3. The summed E-state index contributed by atoms with van der Waals surface area (Å²) < 4.78 is 0. The monoisotopic (exact) mass is 1050 g/mol. The Hall–Kier alpha value is -10.6. The van der Waals surface area contributed by atoms with Crippen molar-refractivity contribution in [3.8, 4) is 0 Å². The molecule has 0 amide bonds. The number of para-hydroxylation sites is 12. The second kappa shape index (κ2) is 20.9. The fourth-order valence-corrected chi connectivity index (χ4v) is 12.7. The van der Waals surface area contributed by atoms with Crippen molar-refractivity contribution in [3.63, 3.8) is 0 Å². The summed E-state index contributed by atoms with van der Waals surface area (Å²) in [6.07, 6.45) is 0. The van der Waals surface area contributed by atoms with Crippen molar-refractivity contribution >= 4 is 123 Å². The Morgan fingerprint density at radius 1 is 0.171 bits per heavy atom. The third-order valence-electron chi connectivity index (χ3n) is 16.2. The van der Waals surface area contributed by atoms with Gasteiger partial charge in [0.05, 0.1) is 34.1 Å². The summed E-state index contributed by atoms with van der Waals surface area (Å²) >= 11 is 0. The van der Waals surface area contributed by atoms with Crippen molar-refractivity contribution in [2.24, 2.45) is 0 Å². The van der Waals surface area contributed by atoms with Crippen LogP contribution < -0.4 is 50.2 Å². The Bertz CT molecular complexity index is 3520. The summed E-state index contributed by atoms with van der Waals surface area (Å²) in [5.74, 6) is 0. The lowest BCUT2D eigenvalue weighted by Gasteiger charge is -2.32. The third-order valence-corrected chi connectivity index (χ3v) is 16.2. The number of fused-ring (bicyclic) bond motifs is 3. The maximum absolute atomic E-state index is 2.48. The van der Waals surface area contributed by atoms with Crippen LogP contribution >= 0.6 is 0 Å². The largest absolute Gasteiger partial charge is 0.420 e. The highest BCUT2D eigenvalue weighted by Gasteiger charge is 2.46. The lowest BCUT2D eigenvalue weighted by Crippen LogP contribution is -2.53. The van der Waals surface area contributed by atoms with Crippen LogP contribution in [-0.4, -0.2) is 20.9 Å². The highest BCUT2D eigenvalue weighted by Crippen LogP contribution is 2.49. The molecular formula is C72H54B3N7. The summed E-state index contributed by atoms with van der Waals surface area (Å²) in [6.45, 7) is -0.473. The maximum atomic E-state index is 2.48. The molecule has 0 aliphatic carbocycles. The minimum absolute atomic E-state index is 0.158. The second-order valence-corrected chi connectivity index (χ2v) is 20.9. The average Bonchev–Trinajstić information content (AvgIpc) is 4.16. The minimum Gasteiger partial charge on any atom is -0.360 e. The molecule has 0 saturated carbocycles. The number of hydrogen-bond acceptors (Lipinski definition) is 7. The van der Waals surface area contributed by atoms with Crippen LogP contribution in [-0.2, 0) is 0 Å². The zero-order valence-electron chi connectivity index (χ0n) is 45.0. The molecule has 386 valence electrons. The minimum atomic E-state index is -0.158. The molecule has 3 aliphatic rings. The predicted molar refractivity (Wildman–Crippen MR) is 348 cm³/mol. The third kappa shape index (κ3) is 8.43. The van der Waals surface area contributed by atoms with Crippen LogP contribution in [0.25, 0.3) is 0 Å². The number of hydrogen-bond donors (Lipinski definition) is 0. The van der Waals surface area contributed by atoms with Crippen LogP contribution in [0.2, 0.25) is 0 Å². The molecule has 3 aliphatic heterocycles. The summed E-state index contributed by atoms with van der Waals surface area (Å²) in [5.41, 5.74) is 20.4. The first-order chi connectivity index (χ1) is 40.7. The van der Waals surface area contributed by atoms with Gasteiger partial charge in [-0.05, 0) is 162 Å². The molecular weight excluding hydrogens is 995 g/mol. The van der Waals surface area contributed by atoms with Gasteiger partial charge in [-0.15, -0.1) is 0 Å². The van der Waals surface area contributed by atoms with E-state index in [2.05, 4.69) is 361 Å². The number of anilines is 15. The average molecular weight is 1050 g/mol. The fourth-order valence-electron chi connectivity index (χ4n) is 12.7. The Morgan fingerprint density at radius 3 is 0.500 bits per heavy atom. The van der Waals surface area contributed by atoms with Gasteiger partial charge in [0.1, 0.15) is 0 Å². The van der Waals surface area contributed by atoms with Gasteiger partial charge in [0.15, 0.2) is 0 Å². The van der Waals surface area contributed by atoms with Crippen molar-refractivity contribution in [1.29, 1.82) is 0 Å². The van der Waals surface area contributed by atoms with Gasteiger partial charge in [0, 0.05) is 51.2 Å². The quantitative estimate of drug-likeness (QED) is 0.112. The van der Waals surface area contributed by atoms with Crippen molar-refractivity contribution in [2.75, 3.05) is 33.8 Å². The summed E-state index contributed by atoms with van der Waals surface area (Å²) in [5, 5.41) is 0. The van der Waals surface area contributed by atoms with Crippen molar-refractivity contribution in [3.05, 3.63) is 328 Å². The van der Waals surface area contributed by atoms with Crippen LogP contribution in [0.1, 0.15) is 0 Å². The molecule has 0 aromatic heterocycles. The van der Waals surface area contributed by atoms with Crippen molar-refractivity contribution in [1.82, 2.24) is 0 Å². The first-order valence-electron chi connectivity index (χ1n) is 28.2. The van der Waals surface area contributed by atoms with E-state index in [1.165, 1.54) is 16.4 Å². The van der Waals surface area contributed by atoms with Gasteiger partial charge < -0.3 is 33.8 Å². The van der Waals surface area contributed by atoms with Gasteiger partial charge >= 0.3 is 20.9 Å². The molecule has 15 rings (SSSR count). The smallest absolute Gasteiger partial charge is 0.360 e. The van der Waals surface area contributed by atoms with E-state index >= 15 is 0 Å². The molecule has 3 heterocycles. The number of rotatable bonds is 12. The van der Waals surface area contributed by atoms with Crippen molar-refractivity contribution < 1.29 is 0 Å². The predicted octanol–water partition coefficient (Wildman–Crippen LogP) is 16.2. The van der Waals surface area contributed by atoms with Crippen LogP contribution in [0, 0.1) is 0 Å². The van der Waals surface area contributed by atoms with E-state index in [0.29, 0.717) is 0 Å². The normalized spacial score (nSPS) is 13.4. The van der Waals surface area contributed by atoms with Gasteiger partial charge in [0.2, 0.25) is 0 Å². The van der Waals surface area contributed by atoms with Gasteiger partial charge in [-0.2, -0.15) is 0 Å². The molecule has 0 N–H and O–H groups in total. The zero-order chi connectivity index (χ0) is 54.3. The Morgan fingerprint density at radius 2 is 0.329 bits per heavy atom. The zero-order valence-corrected chi connectivity index (χ0v) is 45.0. The highest BCUT2D eigenvalue weighted by molar-refractivity contribution is 6.86. The molecule has 0 fully saturated rings. The van der Waals surface area contributed by atoms with Gasteiger partial charge in [-0.1, -0.05) is 182 Å². The second-order valence-electron chi connectivity index (χ2n) is 20.9. The molecule has 12 aromatic carbocycles. The molecule has 7 nitrogen and oxygen atoms in total. The van der Waals surface area contributed by atoms with E-state index in [1.54, 1.807) is 0 Å². The van der Waals surface area contributed by atoms with E-state index < -0.39 is 0 Å². The highest BCUT2D eigenvalue weighted by atomic mass is 15.3. The first kappa shape index (κ1) is 48.6. The Balaban J connectivity index is 0.865. The number of benzene rings is 12. The molecule has 12 aromatic rings. The molecule has 82 heavy (non-hydrogen) atoms. The lowest BCUT2D eigenvalue weighted by atomic mass is 9.64. The molecule has 0 spiro atoms. The van der Waals surface area contributed by atoms with Gasteiger partial charge in [0.25, 0.3) is 0 Å². The number of nitrogens with zero attached hydrogens (tertiary/aromatic N) is 7. The van der Waals surface area contributed by atoms with Crippen LogP contribution in [0.15, 0.2) is 328 Å². The Kier molecular flexibility index (Phi) is 12.4. The lowest BCUT2D eigenvalue weighted by molar-refractivity contribution is 1.28. The SMILES string of the molecule is c1ccc(N2B(c3ccc(N(c4ccc(B5N(c6ccccc6)c6ccccc6N5c5ccccc5)cc4)c4ccc(B5N(c6ccccc6)c6ccccc6N5c5ccccc5)cc4)cc3)N(c3ccccc3)c3ccccc32)cc1. The van der Waals surface area contributed by atoms with Crippen LogP contribution in [0.4, 0.5) is 85.3 Å². The van der Waals surface area contributed by atoms with Gasteiger partial charge in [-0.25, -0.2) is 0 Å². The summed E-state index contributed by atoms with van der Waals surface area (Å²) in [6, 6.07) is 119. The van der Waals surface area contributed by atoms with Crippen molar-refractivity contribution in [2.45, 2.75) is 0 Å². The standard InChI is InChI=1S/C72H54B3N7/c1-7-25-61(26-8-1)77-67-37-19-20-38-68(67)78(62-27-9-2-10-28-62)73(77)55-43-49-58(50-44-55)76(59-51-45-56(46-52-59)74-79(63-29-11-3-12-30-63)69-39-21-22-40-70(69)80(74)64-31-13-4-14-32-64)60-53-47-57(48-54-60)75-81(65-33-15-5-16-34-65)71-41-23-24-42-72(71)82(75)66-35-17-6-18-36-66/h1-54H. The van der Waals surface area contributed by atoms with E-state index in [1.807, 2.05) is 0 Å². The topological polar surface area (TPSA) is 22.7 Å².